The van der Waals surface area contributed by atoms with Crippen molar-refractivity contribution < 1.29 is 18.8 Å². The van der Waals surface area contributed by atoms with Crippen LogP contribution in [0.2, 0.25) is 0 Å². The first-order valence-electron chi connectivity index (χ1n) is 10.8. The van der Waals surface area contributed by atoms with E-state index in [1.807, 2.05) is 32.0 Å². The van der Waals surface area contributed by atoms with Gasteiger partial charge < -0.3 is 19.5 Å². The molecule has 1 aromatic carbocycles. The van der Waals surface area contributed by atoms with Crippen LogP contribution in [0.25, 0.3) is 11.1 Å². The van der Waals surface area contributed by atoms with Crippen LogP contribution < -0.4 is 5.32 Å². The SMILES string of the molecule is Cc1cc(C(=O)N(CC(=O)Nc2cccc(C)c2C)CC2CCCO2)c2c(C)noc2n1. The number of fused-ring (bicyclic) bond motifs is 1. The van der Waals surface area contributed by atoms with Crippen LogP contribution in [0.1, 0.15) is 45.7 Å². The molecule has 0 spiro atoms. The first kappa shape index (κ1) is 22.0. The lowest BCUT2D eigenvalue weighted by Crippen LogP contribution is -2.42. The predicted octanol–water partition coefficient (Wildman–Crippen LogP) is 3.72. The molecule has 1 aliphatic rings. The highest BCUT2D eigenvalue weighted by Crippen LogP contribution is 2.24. The van der Waals surface area contributed by atoms with Crippen molar-refractivity contribution in [2.24, 2.45) is 0 Å². The van der Waals surface area contributed by atoms with Crippen molar-refractivity contribution in [1.82, 2.24) is 15.0 Å². The zero-order chi connectivity index (χ0) is 22.8. The topological polar surface area (TPSA) is 97.6 Å². The summed E-state index contributed by atoms with van der Waals surface area (Å²) in [7, 11) is 0. The Labute approximate surface area is 186 Å². The number of rotatable bonds is 6. The van der Waals surface area contributed by atoms with Crippen LogP contribution in [0.15, 0.2) is 28.8 Å². The summed E-state index contributed by atoms with van der Waals surface area (Å²) in [6, 6.07) is 7.48. The van der Waals surface area contributed by atoms with Crippen molar-refractivity contribution in [2.45, 2.75) is 46.6 Å². The van der Waals surface area contributed by atoms with E-state index in [1.165, 1.54) is 0 Å². The Bertz CT molecular complexity index is 1160. The third-order valence-electron chi connectivity index (χ3n) is 5.92. The Hall–Kier alpha value is -3.26. The van der Waals surface area contributed by atoms with E-state index in [9.17, 15) is 9.59 Å². The molecule has 1 unspecified atom stereocenters. The fraction of sp³-hybridized carbons (Fsp3) is 0.417. The molecule has 1 saturated heterocycles. The van der Waals surface area contributed by atoms with E-state index in [4.69, 9.17) is 9.26 Å². The van der Waals surface area contributed by atoms with Gasteiger partial charge in [-0.05, 0) is 63.8 Å². The van der Waals surface area contributed by atoms with E-state index in [-0.39, 0.29) is 24.5 Å². The highest BCUT2D eigenvalue weighted by atomic mass is 16.5. The number of nitrogens with one attached hydrogen (secondary N) is 1. The molecule has 1 atom stereocenters. The number of aryl methyl sites for hydroxylation is 3. The number of hydrogen-bond donors (Lipinski definition) is 1. The maximum absolute atomic E-state index is 13.7. The minimum Gasteiger partial charge on any atom is -0.376 e. The average molecular weight is 437 g/mol. The van der Waals surface area contributed by atoms with Crippen molar-refractivity contribution in [3.63, 3.8) is 0 Å². The third-order valence-corrected chi connectivity index (χ3v) is 5.92. The molecule has 8 heteroatoms. The summed E-state index contributed by atoms with van der Waals surface area (Å²) >= 11 is 0. The van der Waals surface area contributed by atoms with Crippen LogP contribution in [-0.2, 0) is 9.53 Å². The van der Waals surface area contributed by atoms with Gasteiger partial charge in [-0.3, -0.25) is 9.59 Å². The molecule has 0 radical (unpaired) electrons. The normalized spacial score (nSPS) is 15.8. The van der Waals surface area contributed by atoms with E-state index in [0.717, 1.165) is 29.7 Å². The van der Waals surface area contributed by atoms with E-state index in [0.29, 0.717) is 41.2 Å². The Morgan fingerprint density at radius 3 is 2.78 bits per heavy atom. The van der Waals surface area contributed by atoms with Gasteiger partial charge in [0.1, 0.15) is 6.54 Å². The number of ether oxygens (including phenoxy) is 1. The number of anilines is 1. The second-order valence-corrected chi connectivity index (χ2v) is 8.38. The molecule has 0 bridgehead atoms. The molecule has 1 fully saturated rings. The van der Waals surface area contributed by atoms with Crippen LogP contribution in [0.4, 0.5) is 5.69 Å². The van der Waals surface area contributed by atoms with Crippen molar-refractivity contribution in [2.75, 3.05) is 25.0 Å². The lowest BCUT2D eigenvalue weighted by molar-refractivity contribution is -0.117. The third kappa shape index (κ3) is 4.50. The molecule has 1 aliphatic heterocycles. The average Bonchev–Trinajstić information content (AvgIpc) is 3.39. The lowest BCUT2D eigenvalue weighted by atomic mass is 10.1. The Morgan fingerprint density at radius 1 is 1.22 bits per heavy atom. The summed E-state index contributed by atoms with van der Waals surface area (Å²) in [5.74, 6) is -0.521. The second kappa shape index (κ2) is 9.08. The number of aromatic nitrogens is 2. The van der Waals surface area contributed by atoms with Crippen LogP contribution in [0, 0.1) is 27.7 Å². The molecule has 3 aromatic rings. The summed E-state index contributed by atoms with van der Waals surface area (Å²) in [4.78, 5) is 32.5. The molecule has 1 N–H and O–H groups in total. The molecule has 8 nitrogen and oxygen atoms in total. The molecule has 2 aromatic heterocycles. The molecular weight excluding hydrogens is 408 g/mol. The number of pyridine rings is 1. The van der Waals surface area contributed by atoms with Gasteiger partial charge in [-0.1, -0.05) is 17.3 Å². The van der Waals surface area contributed by atoms with Crippen molar-refractivity contribution in [3.05, 3.63) is 52.3 Å². The van der Waals surface area contributed by atoms with E-state index >= 15 is 0 Å². The fourth-order valence-corrected chi connectivity index (χ4v) is 4.06. The highest BCUT2D eigenvalue weighted by molar-refractivity contribution is 6.07. The molecule has 3 heterocycles. The summed E-state index contributed by atoms with van der Waals surface area (Å²) in [5, 5.41) is 7.49. The summed E-state index contributed by atoms with van der Waals surface area (Å²) < 4.78 is 11.0. The number of benzene rings is 1. The molecule has 168 valence electrons. The number of hydrogen-bond acceptors (Lipinski definition) is 6. The Balaban J connectivity index is 1.62. The van der Waals surface area contributed by atoms with Gasteiger partial charge in [0, 0.05) is 24.5 Å². The molecule has 0 saturated carbocycles. The molecule has 4 rings (SSSR count). The predicted molar refractivity (Wildman–Crippen MR) is 121 cm³/mol. The molecule has 32 heavy (non-hydrogen) atoms. The van der Waals surface area contributed by atoms with Gasteiger partial charge in [-0.25, -0.2) is 4.98 Å². The van der Waals surface area contributed by atoms with Gasteiger partial charge >= 0.3 is 0 Å². The maximum atomic E-state index is 13.7. The van der Waals surface area contributed by atoms with Crippen molar-refractivity contribution in [1.29, 1.82) is 0 Å². The largest absolute Gasteiger partial charge is 0.376 e. The number of amides is 2. The first-order valence-corrected chi connectivity index (χ1v) is 10.8. The van der Waals surface area contributed by atoms with E-state index in [2.05, 4.69) is 15.5 Å². The molecular formula is C24H28N4O4. The van der Waals surface area contributed by atoms with E-state index < -0.39 is 0 Å². The number of nitrogens with zero attached hydrogens (tertiary/aromatic N) is 3. The smallest absolute Gasteiger partial charge is 0.258 e. The van der Waals surface area contributed by atoms with Crippen LogP contribution in [0.5, 0.6) is 0 Å². The quantitative estimate of drug-likeness (QED) is 0.633. The first-order chi connectivity index (χ1) is 15.3. The van der Waals surface area contributed by atoms with Crippen LogP contribution >= 0.6 is 0 Å². The van der Waals surface area contributed by atoms with Gasteiger partial charge in [0.2, 0.25) is 5.91 Å². The lowest BCUT2D eigenvalue weighted by Gasteiger charge is -2.25. The zero-order valence-corrected chi connectivity index (χ0v) is 18.9. The van der Waals surface area contributed by atoms with Gasteiger partial charge in [0.05, 0.1) is 22.7 Å². The molecule has 2 amide bonds. The van der Waals surface area contributed by atoms with Gasteiger partial charge in [0.25, 0.3) is 11.6 Å². The van der Waals surface area contributed by atoms with E-state index in [1.54, 1.807) is 24.8 Å². The Kier molecular flexibility index (Phi) is 6.23. The van der Waals surface area contributed by atoms with Crippen LogP contribution in [0.3, 0.4) is 0 Å². The summed E-state index contributed by atoms with van der Waals surface area (Å²) in [6.07, 6.45) is 1.72. The van der Waals surface area contributed by atoms with Crippen molar-refractivity contribution in [3.8, 4) is 0 Å². The summed E-state index contributed by atoms with van der Waals surface area (Å²) in [5.41, 5.74) is 4.84. The minimum atomic E-state index is -0.265. The fourth-order valence-electron chi connectivity index (χ4n) is 4.06. The van der Waals surface area contributed by atoms with Gasteiger partial charge in [0.15, 0.2) is 0 Å². The molecule has 0 aliphatic carbocycles. The van der Waals surface area contributed by atoms with Crippen LogP contribution in [-0.4, -0.2) is 52.7 Å². The standard InChI is InChI=1S/C24H28N4O4/c1-14-7-5-9-20(16(14)3)26-21(29)13-28(12-18-8-6-10-31-18)24(30)19-11-15(2)25-23-22(19)17(4)27-32-23/h5,7,9,11,18H,6,8,10,12-13H2,1-4H3,(H,26,29). The summed E-state index contributed by atoms with van der Waals surface area (Å²) in [6.45, 7) is 8.46. The minimum absolute atomic E-state index is 0.0841. The maximum Gasteiger partial charge on any atom is 0.258 e. The number of carbonyl (C=O) groups is 2. The highest BCUT2D eigenvalue weighted by Gasteiger charge is 2.28. The van der Waals surface area contributed by atoms with Crippen molar-refractivity contribution >= 4 is 28.6 Å². The zero-order valence-electron chi connectivity index (χ0n) is 18.9. The monoisotopic (exact) mass is 436 g/mol. The number of carbonyl (C=O) groups excluding carboxylic acids is 2. The van der Waals surface area contributed by atoms with Gasteiger partial charge in [-0.15, -0.1) is 0 Å². The Morgan fingerprint density at radius 2 is 2.03 bits per heavy atom. The second-order valence-electron chi connectivity index (χ2n) is 8.38. The van der Waals surface area contributed by atoms with Gasteiger partial charge in [-0.2, -0.15) is 0 Å².